The van der Waals surface area contributed by atoms with Crippen molar-refractivity contribution in [1.29, 1.82) is 0 Å². The second kappa shape index (κ2) is 7.49. The van der Waals surface area contributed by atoms with Crippen LogP contribution in [0.5, 0.6) is 5.75 Å². The van der Waals surface area contributed by atoms with Gasteiger partial charge in [-0.25, -0.2) is 9.18 Å². The number of halogens is 1. The normalized spacial score (nSPS) is 23.3. The molecule has 160 valence electrons. The molecule has 2 aromatic carbocycles. The molecule has 5 rings (SSSR count). The van der Waals surface area contributed by atoms with E-state index in [0.29, 0.717) is 36.6 Å². The van der Waals surface area contributed by atoms with Crippen LogP contribution >= 0.6 is 0 Å². The average Bonchev–Trinajstić information content (AvgIpc) is 3.19. The number of ether oxygens (including phenoxy) is 2. The monoisotopic (exact) mass is 424 g/mol. The van der Waals surface area contributed by atoms with Crippen molar-refractivity contribution in [2.24, 2.45) is 0 Å². The second-order valence-corrected chi connectivity index (χ2v) is 7.98. The lowest BCUT2D eigenvalue weighted by Gasteiger charge is -2.23. The fraction of sp³-hybridized carbons (Fsp3) is 0.261. The first-order chi connectivity index (χ1) is 14.9. The number of allylic oxidation sites excluding steroid dienone is 1. The Labute approximate surface area is 178 Å². The highest BCUT2D eigenvalue weighted by molar-refractivity contribution is 5.87. The Morgan fingerprint density at radius 3 is 2.94 bits per heavy atom. The molecule has 0 spiro atoms. The maximum Gasteiger partial charge on any atom is 0.411 e. The zero-order valence-corrected chi connectivity index (χ0v) is 16.5. The predicted octanol–water partition coefficient (Wildman–Crippen LogP) is 2.87. The molecule has 31 heavy (non-hydrogen) atoms. The Morgan fingerprint density at radius 2 is 2.13 bits per heavy atom. The highest BCUT2D eigenvalue weighted by atomic mass is 19.1. The van der Waals surface area contributed by atoms with Crippen LogP contribution in [0.4, 0.5) is 14.9 Å². The molecule has 2 aliphatic heterocycles. The number of rotatable bonds is 5. The Hall–Kier alpha value is -3.20. The fourth-order valence-corrected chi connectivity index (χ4v) is 4.18. The maximum absolute atomic E-state index is 13.8. The molecule has 3 aliphatic rings. The Bertz CT molecular complexity index is 1110. The molecule has 0 radical (unpaired) electrons. The van der Waals surface area contributed by atoms with Gasteiger partial charge in [0.1, 0.15) is 18.0 Å². The van der Waals surface area contributed by atoms with Crippen molar-refractivity contribution in [2.45, 2.75) is 18.3 Å². The summed E-state index contributed by atoms with van der Waals surface area (Å²) in [5.74, 6) is 0.0409. The van der Waals surface area contributed by atoms with Crippen LogP contribution in [0, 0.1) is 5.82 Å². The third kappa shape index (κ3) is 3.81. The smallest absolute Gasteiger partial charge is 0.411 e. The van der Waals surface area contributed by atoms with E-state index in [1.807, 2.05) is 11.0 Å². The zero-order valence-electron chi connectivity index (χ0n) is 16.5. The van der Waals surface area contributed by atoms with E-state index in [0.717, 1.165) is 11.1 Å². The summed E-state index contributed by atoms with van der Waals surface area (Å²) >= 11 is 0. The van der Waals surface area contributed by atoms with Gasteiger partial charge in [0, 0.05) is 25.2 Å². The van der Waals surface area contributed by atoms with Gasteiger partial charge in [0.15, 0.2) is 11.6 Å². The molecule has 2 heterocycles. The SMILES string of the molecule is O=C1Nc2ccc([C@@H](O)CN3CC4=CC(Oc5ccccc5F)=C[C@@]4(O)C3)cc2CO1. The van der Waals surface area contributed by atoms with E-state index in [9.17, 15) is 19.4 Å². The number of amides is 1. The van der Waals surface area contributed by atoms with Gasteiger partial charge in [0.05, 0.1) is 11.8 Å². The Morgan fingerprint density at radius 1 is 1.29 bits per heavy atom. The van der Waals surface area contributed by atoms with E-state index in [-0.39, 0.29) is 12.4 Å². The molecule has 0 unspecified atom stereocenters. The number of carbonyl (C=O) groups excluding carboxylic acids is 1. The molecule has 2 atom stereocenters. The van der Waals surface area contributed by atoms with Crippen LogP contribution in [0.3, 0.4) is 0 Å². The maximum atomic E-state index is 13.8. The van der Waals surface area contributed by atoms with E-state index >= 15 is 0 Å². The summed E-state index contributed by atoms with van der Waals surface area (Å²) in [5.41, 5.74) is 1.72. The number of fused-ring (bicyclic) bond motifs is 2. The number of benzene rings is 2. The van der Waals surface area contributed by atoms with Crippen LogP contribution in [0.15, 0.2) is 65.9 Å². The van der Waals surface area contributed by atoms with Gasteiger partial charge < -0.3 is 19.7 Å². The van der Waals surface area contributed by atoms with Gasteiger partial charge in [0.25, 0.3) is 0 Å². The second-order valence-electron chi connectivity index (χ2n) is 7.98. The summed E-state index contributed by atoms with van der Waals surface area (Å²) in [7, 11) is 0. The van der Waals surface area contributed by atoms with Gasteiger partial charge in [-0.1, -0.05) is 18.2 Å². The summed E-state index contributed by atoms with van der Waals surface area (Å²) < 4.78 is 24.4. The number of para-hydroxylation sites is 1. The molecule has 7 nitrogen and oxygen atoms in total. The number of nitrogens with one attached hydrogen (secondary N) is 1. The van der Waals surface area contributed by atoms with E-state index in [1.165, 1.54) is 12.1 Å². The van der Waals surface area contributed by atoms with Crippen molar-refractivity contribution in [3.63, 3.8) is 0 Å². The van der Waals surface area contributed by atoms with Crippen LogP contribution in [-0.2, 0) is 11.3 Å². The minimum atomic E-state index is -1.20. The third-order valence-corrected chi connectivity index (χ3v) is 5.72. The predicted molar refractivity (Wildman–Crippen MR) is 110 cm³/mol. The number of nitrogens with zero attached hydrogens (tertiary/aromatic N) is 1. The molecule has 0 aromatic heterocycles. The number of β-amino-alcohol motifs (C(OH)–C–C–N with tert-alkyl or cyclic N) is 2. The number of cyclic esters (lactones) is 1. The highest BCUT2D eigenvalue weighted by Crippen LogP contribution is 2.37. The fourth-order valence-electron chi connectivity index (χ4n) is 4.18. The molecule has 1 fully saturated rings. The van der Waals surface area contributed by atoms with Crippen molar-refractivity contribution >= 4 is 11.8 Å². The van der Waals surface area contributed by atoms with Crippen molar-refractivity contribution in [1.82, 2.24) is 4.90 Å². The minimum absolute atomic E-state index is 0.106. The van der Waals surface area contributed by atoms with E-state index in [4.69, 9.17) is 9.47 Å². The molecule has 0 saturated carbocycles. The molecule has 1 aliphatic carbocycles. The lowest BCUT2D eigenvalue weighted by atomic mass is 10.0. The van der Waals surface area contributed by atoms with Crippen LogP contribution in [0.2, 0.25) is 0 Å². The van der Waals surface area contributed by atoms with Crippen molar-refractivity contribution in [3.05, 3.63) is 82.9 Å². The number of hydrogen-bond donors (Lipinski definition) is 3. The van der Waals surface area contributed by atoms with Crippen LogP contribution in [0.1, 0.15) is 17.2 Å². The van der Waals surface area contributed by atoms with Gasteiger partial charge >= 0.3 is 6.09 Å². The topological polar surface area (TPSA) is 91.3 Å². The zero-order chi connectivity index (χ0) is 21.6. The molecule has 0 bridgehead atoms. The van der Waals surface area contributed by atoms with Crippen LogP contribution in [0.25, 0.3) is 0 Å². The summed E-state index contributed by atoms with van der Waals surface area (Å²) in [6.07, 6.45) is 2.04. The van der Waals surface area contributed by atoms with Crippen molar-refractivity contribution < 1.29 is 28.9 Å². The molecule has 1 amide bonds. The summed E-state index contributed by atoms with van der Waals surface area (Å²) in [5, 5.41) is 24.3. The molecule has 2 aromatic rings. The van der Waals surface area contributed by atoms with Crippen LogP contribution in [-0.4, -0.2) is 46.4 Å². The molecule has 8 heteroatoms. The van der Waals surface area contributed by atoms with Gasteiger partial charge in [-0.05, 0) is 47.6 Å². The Kier molecular flexibility index (Phi) is 4.77. The average molecular weight is 424 g/mol. The Balaban J connectivity index is 1.24. The summed E-state index contributed by atoms with van der Waals surface area (Å²) in [6, 6.07) is 11.4. The first-order valence-corrected chi connectivity index (χ1v) is 9.95. The number of aliphatic hydroxyl groups is 2. The minimum Gasteiger partial charge on any atom is -0.455 e. The molecular formula is C23H21FN2O5. The summed E-state index contributed by atoms with van der Waals surface area (Å²) in [6.45, 7) is 1.24. The first kappa shape index (κ1) is 19.7. The number of anilines is 1. The van der Waals surface area contributed by atoms with Crippen molar-refractivity contribution in [3.8, 4) is 5.75 Å². The lowest BCUT2D eigenvalue weighted by Crippen LogP contribution is -2.33. The van der Waals surface area contributed by atoms with E-state index in [2.05, 4.69) is 5.32 Å². The van der Waals surface area contributed by atoms with E-state index < -0.39 is 23.6 Å². The molecule has 3 N–H and O–H groups in total. The van der Waals surface area contributed by atoms with Gasteiger partial charge in [-0.2, -0.15) is 0 Å². The number of carbonyl (C=O) groups is 1. The van der Waals surface area contributed by atoms with Gasteiger partial charge in [0.2, 0.25) is 0 Å². The largest absolute Gasteiger partial charge is 0.455 e. The number of likely N-dealkylation sites (tertiary alicyclic amines) is 1. The third-order valence-electron chi connectivity index (χ3n) is 5.72. The summed E-state index contributed by atoms with van der Waals surface area (Å²) in [4.78, 5) is 13.2. The molecular weight excluding hydrogens is 403 g/mol. The van der Waals surface area contributed by atoms with Crippen LogP contribution < -0.4 is 10.1 Å². The molecule has 1 saturated heterocycles. The first-order valence-electron chi connectivity index (χ1n) is 9.95. The lowest BCUT2D eigenvalue weighted by molar-refractivity contribution is 0.0904. The highest BCUT2D eigenvalue weighted by Gasteiger charge is 2.43. The quantitative estimate of drug-likeness (QED) is 0.684. The van der Waals surface area contributed by atoms with Gasteiger partial charge in [-0.3, -0.25) is 10.2 Å². The number of hydrogen-bond acceptors (Lipinski definition) is 6. The number of aliphatic hydroxyl groups excluding tert-OH is 1. The van der Waals surface area contributed by atoms with E-state index in [1.54, 1.807) is 36.4 Å². The van der Waals surface area contributed by atoms with Crippen molar-refractivity contribution in [2.75, 3.05) is 25.0 Å². The standard InChI is InChI=1S/C23H21FN2O5/c24-18-3-1-2-4-21(18)31-17-8-16-10-26(13-23(16,29)9-17)11-20(27)14-5-6-19-15(7-14)12-30-22(28)25-19/h1-9,20,27,29H,10-13H2,(H,25,28)/t20-,23+/m0/s1. The van der Waals surface area contributed by atoms with Gasteiger partial charge in [-0.15, -0.1) is 0 Å².